The average Bonchev–Trinajstić information content (AvgIpc) is 2.74. The van der Waals surface area contributed by atoms with Crippen LogP contribution in [0, 0.1) is 5.82 Å². The van der Waals surface area contributed by atoms with Crippen LogP contribution in [0.3, 0.4) is 0 Å². The maximum absolute atomic E-state index is 14.1. The third kappa shape index (κ3) is 5.56. The van der Waals surface area contributed by atoms with E-state index >= 15 is 0 Å². The number of carbonyl (C=O) groups is 1. The number of carbonyl (C=O) groups excluding carboxylic acids is 1. The van der Waals surface area contributed by atoms with Crippen molar-refractivity contribution in [3.05, 3.63) is 86.9 Å². The van der Waals surface area contributed by atoms with Crippen LogP contribution in [0.2, 0.25) is 10.0 Å². The molecule has 0 saturated carbocycles. The summed E-state index contributed by atoms with van der Waals surface area (Å²) in [6.45, 7) is 1.22. The van der Waals surface area contributed by atoms with Crippen LogP contribution in [-0.4, -0.2) is 17.5 Å². The van der Waals surface area contributed by atoms with E-state index in [4.69, 9.17) is 27.9 Å². The number of halogens is 3. The maximum Gasteiger partial charge on any atom is 1.00 e. The number of carboxylic acid groups (broad SMARTS) is 1. The summed E-state index contributed by atoms with van der Waals surface area (Å²) in [7, 11) is 0. The van der Waals surface area contributed by atoms with Gasteiger partial charge in [0.1, 0.15) is 18.2 Å². The van der Waals surface area contributed by atoms with Gasteiger partial charge in [0.05, 0.1) is 11.7 Å². The number of carboxylic acids is 1. The van der Waals surface area contributed by atoms with Crippen LogP contribution in [0.15, 0.2) is 48.7 Å². The first kappa shape index (κ1) is 24.8. The van der Waals surface area contributed by atoms with Crippen molar-refractivity contribution in [2.75, 3.05) is 11.4 Å². The van der Waals surface area contributed by atoms with Crippen LogP contribution in [0.5, 0.6) is 5.75 Å². The molecule has 1 aliphatic rings. The second-order valence-electron chi connectivity index (χ2n) is 7.25. The zero-order valence-corrected chi connectivity index (χ0v) is 20.9. The zero-order chi connectivity index (χ0) is 22.0. The molecule has 160 valence electrons. The van der Waals surface area contributed by atoms with Gasteiger partial charge in [0, 0.05) is 51.7 Å². The number of fused-ring (bicyclic) bond motifs is 1. The Balaban J connectivity index is 0.00000289. The third-order valence-electron chi connectivity index (χ3n) is 5.20. The Labute approximate surface area is 217 Å². The smallest absolute Gasteiger partial charge is 0.543 e. The molecule has 2 aromatic carbocycles. The summed E-state index contributed by atoms with van der Waals surface area (Å²) in [6, 6.07) is 11.5. The molecule has 0 amide bonds. The number of nitrogens with zero attached hydrogens (tertiary/aromatic N) is 2. The number of hydrogen-bond donors (Lipinski definition) is 0. The minimum absolute atomic E-state index is 0. The van der Waals surface area contributed by atoms with E-state index in [1.807, 2.05) is 0 Å². The molecule has 32 heavy (non-hydrogen) atoms. The number of hydrogen-bond acceptors (Lipinski definition) is 5. The molecular weight excluding hydrogens is 465 g/mol. The van der Waals surface area contributed by atoms with Crippen molar-refractivity contribution in [1.29, 1.82) is 0 Å². The molecule has 0 bridgehead atoms. The molecule has 9 heteroatoms. The molecule has 0 atom stereocenters. The topological polar surface area (TPSA) is 65.5 Å². The van der Waals surface area contributed by atoms with Gasteiger partial charge in [-0.1, -0.05) is 29.3 Å². The minimum atomic E-state index is -1.28. The summed E-state index contributed by atoms with van der Waals surface area (Å²) in [5.41, 5.74) is 2.64. The predicted molar refractivity (Wildman–Crippen MR) is 115 cm³/mol. The van der Waals surface area contributed by atoms with Crippen LogP contribution in [0.25, 0.3) is 0 Å². The van der Waals surface area contributed by atoms with Gasteiger partial charge in [0.2, 0.25) is 0 Å². The number of aromatic carboxylic acids is 1. The quantitative estimate of drug-likeness (QED) is 0.497. The number of anilines is 1. The Morgan fingerprint density at radius 3 is 2.62 bits per heavy atom. The van der Waals surface area contributed by atoms with Gasteiger partial charge in [0.15, 0.2) is 0 Å². The fourth-order valence-corrected chi connectivity index (χ4v) is 4.10. The summed E-state index contributed by atoms with van der Waals surface area (Å²) >= 11 is 12.0. The monoisotopic (exact) mass is 482 g/mol. The molecule has 3 aromatic rings. The molecule has 0 spiro atoms. The van der Waals surface area contributed by atoms with Gasteiger partial charge in [0.25, 0.3) is 0 Å². The van der Waals surface area contributed by atoms with Crippen molar-refractivity contribution >= 4 is 34.9 Å². The molecule has 0 unspecified atom stereocenters. The third-order valence-corrected chi connectivity index (χ3v) is 5.67. The fourth-order valence-electron chi connectivity index (χ4n) is 3.74. The largest absolute Gasteiger partial charge is 1.00 e. The van der Waals surface area contributed by atoms with Crippen molar-refractivity contribution in [3.8, 4) is 5.75 Å². The van der Waals surface area contributed by atoms with E-state index in [-0.39, 0.29) is 41.9 Å². The molecule has 0 fully saturated rings. The standard InChI is InChI=1S/C23H19Cl2FN2O3.Na/c24-16-5-6-21(31-13-14-3-4-17(25)11-19(14)26)15(10-16)12-28-9-1-2-18-20(28)7-8-27-22(18)23(29)30;/h3-8,10-11H,1-2,9,12-13H2,(H,29,30);/q;+1/p-1. The van der Waals surface area contributed by atoms with Crippen molar-refractivity contribution in [1.82, 2.24) is 4.98 Å². The van der Waals surface area contributed by atoms with Crippen LogP contribution < -0.4 is 44.3 Å². The van der Waals surface area contributed by atoms with E-state index in [9.17, 15) is 14.3 Å². The summed E-state index contributed by atoms with van der Waals surface area (Å²) in [5, 5.41) is 12.3. The van der Waals surface area contributed by atoms with Crippen molar-refractivity contribution in [2.45, 2.75) is 26.0 Å². The second kappa shape index (κ2) is 10.9. The molecule has 4 rings (SSSR count). The molecule has 0 aliphatic carbocycles. The van der Waals surface area contributed by atoms with Crippen LogP contribution in [0.4, 0.5) is 10.1 Å². The SMILES string of the molecule is O=C([O-])c1nccc2c1CCCN2Cc1cc(Cl)ccc1OCc1ccc(Cl)cc1F.[Na+]. The van der Waals surface area contributed by atoms with E-state index in [1.165, 1.54) is 12.3 Å². The Morgan fingerprint density at radius 1 is 1.12 bits per heavy atom. The molecule has 0 radical (unpaired) electrons. The van der Waals surface area contributed by atoms with E-state index in [2.05, 4.69) is 9.88 Å². The molecule has 0 N–H and O–H groups in total. The number of pyridine rings is 1. The van der Waals surface area contributed by atoms with E-state index in [0.29, 0.717) is 39.9 Å². The summed E-state index contributed by atoms with van der Waals surface area (Å²) in [4.78, 5) is 17.5. The summed E-state index contributed by atoms with van der Waals surface area (Å²) < 4.78 is 20.0. The second-order valence-corrected chi connectivity index (χ2v) is 8.12. The molecule has 1 aromatic heterocycles. The van der Waals surface area contributed by atoms with Crippen molar-refractivity contribution in [2.24, 2.45) is 0 Å². The first-order chi connectivity index (χ1) is 14.9. The van der Waals surface area contributed by atoms with Crippen LogP contribution in [0.1, 0.15) is 33.6 Å². The Kier molecular flexibility index (Phi) is 8.42. The van der Waals surface area contributed by atoms with Gasteiger partial charge >= 0.3 is 29.6 Å². The Morgan fingerprint density at radius 2 is 1.88 bits per heavy atom. The maximum atomic E-state index is 14.1. The average molecular weight is 483 g/mol. The molecule has 2 heterocycles. The van der Waals surface area contributed by atoms with Gasteiger partial charge in [-0.2, -0.15) is 0 Å². The minimum Gasteiger partial charge on any atom is -0.543 e. The van der Waals surface area contributed by atoms with Gasteiger partial charge in [-0.25, -0.2) is 4.39 Å². The number of rotatable bonds is 6. The van der Waals surface area contributed by atoms with Gasteiger partial charge in [-0.15, -0.1) is 0 Å². The van der Waals surface area contributed by atoms with Crippen LogP contribution >= 0.6 is 23.2 Å². The first-order valence-corrected chi connectivity index (χ1v) is 10.5. The zero-order valence-electron chi connectivity index (χ0n) is 17.4. The molecule has 0 saturated heterocycles. The van der Waals surface area contributed by atoms with Crippen LogP contribution in [-0.2, 0) is 19.6 Å². The van der Waals surface area contributed by atoms with Crippen molar-refractivity contribution in [3.63, 3.8) is 0 Å². The van der Waals surface area contributed by atoms with Gasteiger partial charge in [-0.3, -0.25) is 4.98 Å². The predicted octanol–water partition coefficient (Wildman–Crippen LogP) is 1.43. The number of aromatic nitrogens is 1. The molecule has 5 nitrogen and oxygen atoms in total. The number of ether oxygens (including phenoxy) is 1. The van der Waals surface area contributed by atoms with E-state index in [0.717, 1.165) is 24.2 Å². The molecular formula is C23H18Cl2FN2NaO3. The van der Waals surface area contributed by atoms with Gasteiger partial charge < -0.3 is 19.5 Å². The summed E-state index contributed by atoms with van der Waals surface area (Å²) in [5.74, 6) is -1.15. The Bertz CT molecular complexity index is 1150. The van der Waals surface area contributed by atoms with Gasteiger partial charge in [-0.05, 0) is 49.2 Å². The van der Waals surface area contributed by atoms with Crippen molar-refractivity contribution < 1.29 is 48.6 Å². The Hall–Kier alpha value is -1.83. The molecule has 1 aliphatic heterocycles. The van der Waals surface area contributed by atoms with E-state index in [1.54, 1.807) is 36.4 Å². The first-order valence-electron chi connectivity index (χ1n) is 9.71. The van der Waals surface area contributed by atoms with E-state index < -0.39 is 11.8 Å². The summed E-state index contributed by atoms with van der Waals surface area (Å²) in [6.07, 6.45) is 2.88. The number of benzene rings is 2. The fraction of sp³-hybridized carbons (Fsp3) is 0.217. The normalized spacial score (nSPS) is 12.7.